The van der Waals surface area contributed by atoms with Crippen LogP contribution in [0.15, 0.2) is 10.7 Å². The lowest BCUT2D eigenvalue weighted by Gasteiger charge is -2.28. The number of hydrogen-bond donors (Lipinski definition) is 1. The molecule has 0 amide bonds. The minimum absolute atomic E-state index is 0.467. The smallest absolute Gasteiger partial charge is 0.232 e. The highest BCUT2D eigenvalue weighted by Crippen LogP contribution is 2.23. The Morgan fingerprint density at radius 1 is 1.53 bits per heavy atom. The number of anilines is 1. The Kier molecular flexibility index (Phi) is 4.70. The third kappa shape index (κ3) is 4.12. The summed E-state index contributed by atoms with van der Waals surface area (Å²) in [5.41, 5.74) is -0.792. The summed E-state index contributed by atoms with van der Waals surface area (Å²) in [7, 11) is 1.56. The van der Waals surface area contributed by atoms with E-state index in [2.05, 4.69) is 25.9 Å². The number of hydrogen-bond acceptors (Lipinski definition) is 5. The van der Waals surface area contributed by atoms with E-state index in [0.717, 1.165) is 6.54 Å². The summed E-state index contributed by atoms with van der Waals surface area (Å²) in [6.07, 6.45) is 1.65. The number of rotatable bonds is 5. The van der Waals surface area contributed by atoms with Crippen molar-refractivity contribution in [1.82, 2.24) is 9.97 Å². The molecule has 5 nitrogen and oxygen atoms in total. The van der Waals surface area contributed by atoms with Crippen molar-refractivity contribution in [3.05, 3.63) is 10.7 Å². The van der Waals surface area contributed by atoms with Crippen molar-refractivity contribution in [2.24, 2.45) is 0 Å². The molecule has 1 N–H and O–H groups in total. The molecule has 0 fully saturated rings. The van der Waals surface area contributed by atoms with E-state index in [4.69, 9.17) is 4.74 Å². The van der Waals surface area contributed by atoms with Gasteiger partial charge in [0.05, 0.1) is 23.4 Å². The van der Waals surface area contributed by atoms with Crippen LogP contribution >= 0.6 is 15.9 Å². The lowest BCUT2D eigenvalue weighted by molar-refractivity contribution is 0.0872. The zero-order chi connectivity index (χ0) is 13.1. The van der Waals surface area contributed by atoms with Crippen LogP contribution in [0.2, 0.25) is 0 Å². The molecule has 1 aromatic rings. The van der Waals surface area contributed by atoms with E-state index < -0.39 is 5.60 Å². The molecule has 0 aliphatic carbocycles. The molecule has 0 atom stereocenters. The van der Waals surface area contributed by atoms with Crippen LogP contribution in [0.4, 0.5) is 5.95 Å². The van der Waals surface area contributed by atoms with Gasteiger partial charge in [-0.15, -0.1) is 0 Å². The number of aromatic nitrogens is 2. The highest BCUT2D eigenvalue weighted by atomic mass is 79.9. The van der Waals surface area contributed by atoms with Crippen molar-refractivity contribution in [2.45, 2.75) is 26.4 Å². The summed E-state index contributed by atoms with van der Waals surface area (Å²) in [6, 6.07) is 0. The predicted molar refractivity (Wildman–Crippen MR) is 70.5 cm³/mol. The highest BCUT2D eigenvalue weighted by molar-refractivity contribution is 9.10. The van der Waals surface area contributed by atoms with E-state index in [1.54, 1.807) is 27.2 Å². The topological polar surface area (TPSA) is 58.5 Å². The number of halogens is 1. The van der Waals surface area contributed by atoms with Gasteiger partial charge in [0.2, 0.25) is 11.8 Å². The van der Waals surface area contributed by atoms with Crippen LogP contribution in [-0.4, -0.2) is 40.9 Å². The summed E-state index contributed by atoms with van der Waals surface area (Å²) >= 11 is 3.31. The monoisotopic (exact) mass is 303 g/mol. The van der Waals surface area contributed by atoms with E-state index in [-0.39, 0.29) is 0 Å². The Hall–Kier alpha value is -0.880. The van der Waals surface area contributed by atoms with Crippen LogP contribution in [0.5, 0.6) is 5.88 Å². The average Bonchev–Trinajstić information content (AvgIpc) is 2.25. The quantitative estimate of drug-likeness (QED) is 0.899. The SMILES string of the molecule is CCN(CC(C)(C)O)c1ncc(Br)c(OC)n1. The second-order valence-electron chi connectivity index (χ2n) is 4.35. The second kappa shape index (κ2) is 5.64. The standard InChI is InChI=1S/C11H18BrN3O2/c1-5-15(7-11(2,3)16)10-13-6-8(12)9(14-10)17-4/h6,16H,5,7H2,1-4H3. The average molecular weight is 304 g/mol. The van der Waals surface area contributed by atoms with Crippen LogP contribution < -0.4 is 9.64 Å². The molecule has 96 valence electrons. The van der Waals surface area contributed by atoms with Crippen LogP contribution in [0.1, 0.15) is 20.8 Å². The maximum absolute atomic E-state index is 9.82. The van der Waals surface area contributed by atoms with E-state index in [1.165, 1.54) is 0 Å². The summed E-state index contributed by atoms with van der Waals surface area (Å²) < 4.78 is 5.83. The van der Waals surface area contributed by atoms with Crippen molar-refractivity contribution in [1.29, 1.82) is 0 Å². The van der Waals surface area contributed by atoms with Gasteiger partial charge in [0.1, 0.15) is 0 Å². The molecular weight excluding hydrogens is 286 g/mol. The maximum Gasteiger partial charge on any atom is 0.232 e. The normalized spacial score (nSPS) is 11.4. The van der Waals surface area contributed by atoms with E-state index >= 15 is 0 Å². The third-order valence-electron chi connectivity index (χ3n) is 2.13. The van der Waals surface area contributed by atoms with Gasteiger partial charge in [-0.25, -0.2) is 4.98 Å². The van der Waals surface area contributed by atoms with Crippen molar-refractivity contribution in [3.8, 4) is 5.88 Å². The molecule has 0 spiro atoms. The second-order valence-corrected chi connectivity index (χ2v) is 5.21. The fourth-order valence-electron chi connectivity index (χ4n) is 1.43. The molecule has 0 unspecified atom stereocenters. The Morgan fingerprint density at radius 3 is 2.65 bits per heavy atom. The lowest BCUT2D eigenvalue weighted by Crippen LogP contribution is -2.39. The molecule has 1 aromatic heterocycles. The van der Waals surface area contributed by atoms with Gasteiger partial charge in [0, 0.05) is 13.1 Å². The minimum atomic E-state index is -0.792. The molecule has 0 aliphatic rings. The Labute approximate surface area is 110 Å². The van der Waals surface area contributed by atoms with Gasteiger partial charge in [-0.1, -0.05) is 0 Å². The minimum Gasteiger partial charge on any atom is -0.480 e. The fraction of sp³-hybridized carbons (Fsp3) is 0.636. The van der Waals surface area contributed by atoms with E-state index in [1.807, 2.05) is 11.8 Å². The van der Waals surface area contributed by atoms with Crippen molar-refractivity contribution >= 4 is 21.9 Å². The molecule has 0 radical (unpaired) electrons. The first-order valence-electron chi connectivity index (χ1n) is 5.41. The number of methoxy groups -OCH3 is 1. The first-order chi connectivity index (χ1) is 7.87. The molecule has 17 heavy (non-hydrogen) atoms. The van der Waals surface area contributed by atoms with Gasteiger partial charge in [-0.3, -0.25) is 0 Å². The fourth-order valence-corrected chi connectivity index (χ4v) is 1.78. The molecule has 1 rings (SSSR count). The van der Waals surface area contributed by atoms with Gasteiger partial charge in [0.25, 0.3) is 0 Å². The number of nitrogens with zero attached hydrogens (tertiary/aromatic N) is 3. The maximum atomic E-state index is 9.82. The lowest BCUT2D eigenvalue weighted by atomic mass is 10.1. The van der Waals surface area contributed by atoms with Gasteiger partial charge in [-0.05, 0) is 36.7 Å². The van der Waals surface area contributed by atoms with Gasteiger partial charge < -0.3 is 14.7 Å². The summed E-state index contributed by atoms with van der Waals surface area (Å²) in [4.78, 5) is 10.4. The Bertz CT molecular complexity index is 379. The van der Waals surface area contributed by atoms with Crippen molar-refractivity contribution in [2.75, 3.05) is 25.1 Å². The summed E-state index contributed by atoms with van der Waals surface area (Å²) in [5.74, 6) is 1.04. The van der Waals surface area contributed by atoms with Crippen molar-refractivity contribution in [3.63, 3.8) is 0 Å². The molecule has 6 heteroatoms. The third-order valence-corrected chi connectivity index (χ3v) is 2.68. The van der Waals surface area contributed by atoms with Gasteiger partial charge in [-0.2, -0.15) is 4.98 Å². The highest BCUT2D eigenvalue weighted by Gasteiger charge is 2.20. The Balaban J connectivity index is 2.96. The summed E-state index contributed by atoms with van der Waals surface area (Å²) in [5, 5.41) is 9.82. The zero-order valence-corrected chi connectivity index (χ0v) is 12.2. The molecule has 1 heterocycles. The number of ether oxygens (including phenoxy) is 1. The van der Waals surface area contributed by atoms with Crippen LogP contribution in [-0.2, 0) is 0 Å². The van der Waals surface area contributed by atoms with Gasteiger partial charge in [0.15, 0.2) is 0 Å². The number of likely N-dealkylation sites (N-methyl/N-ethyl adjacent to an activating group) is 1. The molecule has 0 aliphatic heterocycles. The molecular formula is C11H18BrN3O2. The van der Waals surface area contributed by atoms with Crippen molar-refractivity contribution < 1.29 is 9.84 Å². The first kappa shape index (κ1) is 14.2. The zero-order valence-electron chi connectivity index (χ0n) is 10.6. The van der Waals surface area contributed by atoms with E-state index in [9.17, 15) is 5.11 Å². The van der Waals surface area contributed by atoms with Crippen LogP contribution in [0, 0.1) is 0 Å². The largest absolute Gasteiger partial charge is 0.480 e. The summed E-state index contributed by atoms with van der Waals surface area (Å²) in [6.45, 7) is 6.68. The molecule has 0 saturated carbocycles. The molecule has 0 aromatic carbocycles. The van der Waals surface area contributed by atoms with Crippen LogP contribution in [0.25, 0.3) is 0 Å². The molecule has 0 saturated heterocycles. The Morgan fingerprint density at radius 2 is 2.18 bits per heavy atom. The first-order valence-corrected chi connectivity index (χ1v) is 6.20. The number of aliphatic hydroxyl groups is 1. The predicted octanol–water partition coefficient (Wildman–Crippen LogP) is 1.84. The van der Waals surface area contributed by atoms with Crippen LogP contribution in [0.3, 0.4) is 0 Å². The van der Waals surface area contributed by atoms with Gasteiger partial charge >= 0.3 is 0 Å². The van der Waals surface area contributed by atoms with E-state index in [0.29, 0.717) is 22.8 Å². The molecule has 0 bridgehead atoms.